The van der Waals surface area contributed by atoms with Crippen LogP contribution in [-0.2, 0) is 81.7 Å². The van der Waals surface area contributed by atoms with Gasteiger partial charge in [0.05, 0.1) is 19.8 Å². The molecule has 2 saturated heterocycles. The van der Waals surface area contributed by atoms with Gasteiger partial charge in [0.1, 0.15) is 50.4 Å². The van der Waals surface area contributed by atoms with Crippen molar-refractivity contribution >= 4 is 58.8 Å². The molecule has 9 atom stereocenters. The second-order valence-electron chi connectivity index (χ2n) is 14.0. The van der Waals surface area contributed by atoms with E-state index in [4.69, 9.17) is 82.2 Å². The lowest BCUT2D eigenvalue weighted by Crippen LogP contribution is -2.67. The minimum Gasteiger partial charge on any atom is -0.463 e. The van der Waals surface area contributed by atoms with Gasteiger partial charge >= 0.3 is 29.7 Å². The first-order valence-electron chi connectivity index (χ1n) is 19.1. The van der Waals surface area contributed by atoms with E-state index >= 15 is 0 Å². The van der Waals surface area contributed by atoms with Crippen LogP contribution in [0.5, 0.6) is 0 Å². The highest BCUT2D eigenvalue weighted by Crippen LogP contribution is 2.35. The SMILES string of the molecule is CO[C@H]1[C@@H](OCc2ccccc2)[C@H](n2ccc(=O)n(COCc3ccccc3)c2=O)O[C@@H]1CO[C@@H]1O[C@H](COC(C)=O)[C@@H](OC(C)=O)[C@H](OC(C)=O)[C@H]1NC(=O)OCC(Cl)(Cl)Cl. The van der Waals surface area contributed by atoms with Gasteiger partial charge < -0.3 is 52.7 Å². The maximum atomic E-state index is 14.0. The highest BCUT2D eigenvalue weighted by Gasteiger charge is 2.53. The number of esters is 3. The monoisotopic (exact) mass is 929 g/mol. The summed E-state index contributed by atoms with van der Waals surface area (Å²) >= 11 is 17.3. The lowest BCUT2D eigenvalue weighted by Gasteiger charge is -2.45. The molecule has 0 unspecified atom stereocenters. The van der Waals surface area contributed by atoms with Gasteiger partial charge in [-0.25, -0.2) is 14.2 Å². The third kappa shape index (κ3) is 13.7. The lowest BCUT2D eigenvalue weighted by atomic mass is 9.96. The van der Waals surface area contributed by atoms with Gasteiger partial charge in [0.15, 0.2) is 24.7 Å². The Balaban J connectivity index is 1.46. The molecule has 2 aromatic carbocycles. The van der Waals surface area contributed by atoms with Crippen LogP contribution in [0, 0.1) is 0 Å². The number of alkyl halides is 3. The summed E-state index contributed by atoms with van der Waals surface area (Å²) in [6.07, 6.45) is -10.1. The van der Waals surface area contributed by atoms with Gasteiger partial charge in [-0.15, -0.1) is 0 Å². The molecule has 2 fully saturated rings. The normalized spacial score (nSPS) is 24.8. The molecule has 0 saturated carbocycles. The van der Waals surface area contributed by atoms with Crippen molar-refractivity contribution < 1.29 is 66.5 Å². The Labute approximate surface area is 370 Å². The van der Waals surface area contributed by atoms with Crippen molar-refractivity contribution in [1.29, 1.82) is 0 Å². The minimum absolute atomic E-state index is 0.0564. The standard InChI is InChI=1S/C40H46Cl3N3O16/c1-23(47)55-19-29-33(59-24(2)48)34(60-25(3)49)31(44-38(51)58-21-40(41,42)43)37(62-29)57-20-28-32(53-4)35(56-18-27-13-9-6-10-14-27)36(61-28)45-16-15-30(50)46(39(45)52)22-54-17-26-11-7-5-8-12-26/h5-16,28-29,31-37H,17-22H2,1-4H3,(H,44,51)/t28-,29-,31-,32-,33-,34-,35-,36-,37-/m1/s1. The van der Waals surface area contributed by atoms with E-state index in [1.54, 1.807) is 0 Å². The van der Waals surface area contributed by atoms with Gasteiger partial charge in [0.25, 0.3) is 5.56 Å². The van der Waals surface area contributed by atoms with E-state index in [0.717, 1.165) is 36.5 Å². The topological polar surface area (TPSA) is 217 Å². The van der Waals surface area contributed by atoms with Crippen LogP contribution in [0.4, 0.5) is 4.79 Å². The van der Waals surface area contributed by atoms with Crippen molar-refractivity contribution in [1.82, 2.24) is 14.5 Å². The van der Waals surface area contributed by atoms with E-state index in [2.05, 4.69) is 5.32 Å². The molecular formula is C40H46Cl3N3O16. The molecule has 1 N–H and O–H groups in total. The molecule has 3 aromatic rings. The molecule has 3 heterocycles. The summed E-state index contributed by atoms with van der Waals surface area (Å²) in [5.74, 6) is -2.41. The summed E-state index contributed by atoms with van der Waals surface area (Å²) in [7, 11) is 1.39. The van der Waals surface area contributed by atoms with E-state index in [1.807, 2.05) is 60.7 Å². The maximum Gasteiger partial charge on any atom is 0.407 e. The number of carbonyl (C=O) groups excluding carboxylic acids is 4. The number of nitrogens with zero attached hydrogens (tertiary/aromatic N) is 2. The van der Waals surface area contributed by atoms with Crippen molar-refractivity contribution in [3.05, 3.63) is 105 Å². The number of aromatic nitrogens is 2. The van der Waals surface area contributed by atoms with Crippen molar-refractivity contribution in [3.63, 3.8) is 0 Å². The van der Waals surface area contributed by atoms with Crippen LogP contribution in [-0.4, -0.2) is 113 Å². The Bertz CT molecular complexity index is 2090. The molecule has 2 aliphatic rings. The first-order chi connectivity index (χ1) is 29.5. The number of alkyl carbamates (subject to hydrolysis) is 1. The quantitative estimate of drug-likeness (QED) is 0.110. The fourth-order valence-electron chi connectivity index (χ4n) is 6.68. The predicted molar refractivity (Wildman–Crippen MR) is 217 cm³/mol. The summed E-state index contributed by atoms with van der Waals surface area (Å²) < 4.78 is 58.3. The van der Waals surface area contributed by atoms with Gasteiger partial charge in [-0.1, -0.05) is 95.5 Å². The van der Waals surface area contributed by atoms with Crippen molar-refractivity contribution in [3.8, 4) is 0 Å². The third-order valence-corrected chi connectivity index (χ3v) is 9.65. The lowest BCUT2D eigenvalue weighted by molar-refractivity contribution is -0.283. The van der Waals surface area contributed by atoms with Gasteiger partial charge in [-0.2, -0.15) is 0 Å². The summed E-state index contributed by atoms with van der Waals surface area (Å²) in [5, 5.41) is 2.46. The van der Waals surface area contributed by atoms with Crippen LogP contribution < -0.4 is 16.6 Å². The van der Waals surface area contributed by atoms with E-state index in [1.165, 1.54) is 23.9 Å². The Hall–Kier alpha value is -4.57. The summed E-state index contributed by atoms with van der Waals surface area (Å²) in [6, 6.07) is 18.0. The van der Waals surface area contributed by atoms with Crippen LogP contribution in [0.25, 0.3) is 0 Å². The fourth-order valence-corrected chi connectivity index (χ4v) is 6.85. The molecule has 1 amide bonds. The van der Waals surface area contributed by atoms with E-state index in [-0.39, 0.29) is 19.9 Å². The van der Waals surface area contributed by atoms with Crippen molar-refractivity contribution in [2.75, 3.05) is 26.9 Å². The number of amides is 1. The molecular weight excluding hydrogens is 885 g/mol. The molecule has 0 bridgehead atoms. The maximum absolute atomic E-state index is 14.0. The Morgan fingerprint density at radius 3 is 1.94 bits per heavy atom. The summed E-state index contributed by atoms with van der Waals surface area (Å²) in [6.45, 7) is 1.46. The molecule has 5 rings (SSSR count). The number of benzene rings is 2. The zero-order chi connectivity index (χ0) is 45.0. The zero-order valence-electron chi connectivity index (χ0n) is 33.9. The molecule has 22 heteroatoms. The first-order valence-corrected chi connectivity index (χ1v) is 20.2. The van der Waals surface area contributed by atoms with Crippen molar-refractivity contribution in [2.24, 2.45) is 0 Å². The highest BCUT2D eigenvalue weighted by molar-refractivity contribution is 6.67. The second kappa shape index (κ2) is 22.7. The van der Waals surface area contributed by atoms with Crippen LogP contribution >= 0.6 is 34.8 Å². The number of methoxy groups -OCH3 is 1. The van der Waals surface area contributed by atoms with Crippen LogP contribution in [0.15, 0.2) is 82.5 Å². The average molecular weight is 931 g/mol. The molecule has 2 aliphatic heterocycles. The first kappa shape index (κ1) is 48.5. The minimum atomic E-state index is -2.00. The molecule has 19 nitrogen and oxygen atoms in total. The van der Waals surface area contributed by atoms with E-state index < -0.39 is 114 Å². The number of rotatable bonds is 18. The molecule has 0 spiro atoms. The fraction of sp³-hybridized carbons (Fsp3) is 0.500. The Morgan fingerprint density at radius 1 is 0.726 bits per heavy atom. The zero-order valence-corrected chi connectivity index (χ0v) is 36.2. The van der Waals surface area contributed by atoms with Gasteiger partial charge in [-0.3, -0.25) is 23.7 Å². The molecule has 0 aliphatic carbocycles. The number of ether oxygens (including phenoxy) is 10. The Morgan fingerprint density at radius 2 is 1.34 bits per heavy atom. The van der Waals surface area contributed by atoms with Crippen LogP contribution in [0.2, 0.25) is 0 Å². The van der Waals surface area contributed by atoms with Crippen LogP contribution in [0.1, 0.15) is 38.1 Å². The average Bonchev–Trinajstić information content (AvgIpc) is 3.57. The molecule has 62 heavy (non-hydrogen) atoms. The molecule has 0 radical (unpaired) electrons. The smallest absolute Gasteiger partial charge is 0.407 e. The Kier molecular flexibility index (Phi) is 17.7. The largest absolute Gasteiger partial charge is 0.463 e. The van der Waals surface area contributed by atoms with Gasteiger partial charge in [0.2, 0.25) is 3.79 Å². The van der Waals surface area contributed by atoms with E-state index in [0.29, 0.717) is 0 Å². The van der Waals surface area contributed by atoms with Crippen molar-refractivity contribution in [2.45, 2.75) is 99.7 Å². The highest BCUT2D eigenvalue weighted by atomic mass is 35.6. The number of nitrogens with one attached hydrogen (secondary N) is 1. The number of carbonyl (C=O) groups is 4. The molecule has 1 aromatic heterocycles. The van der Waals surface area contributed by atoms with E-state index in [9.17, 15) is 28.8 Å². The predicted octanol–water partition coefficient (Wildman–Crippen LogP) is 3.32. The number of hydrogen-bond donors (Lipinski definition) is 1. The van der Waals surface area contributed by atoms with Crippen LogP contribution in [0.3, 0.4) is 0 Å². The second-order valence-corrected chi connectivity index (χ2v) is 16.5. The number of hydrogen-bond acceptors (Lipinski definition) is 16. The summed E-state index contributed by atoms with van der Waals surface area (Å²) in [5.41, 5.74) is 0.216. The number of halogens is 3. The summed E-state index contributed by atoms with van der Waals surface area (Å²) in [4.78, 5) is 76.8. The molecule has 338 valence electrons. The van der Waals surface area contributed by atoms with Gasteiger partial charge in [0, 0.05) is 40.1 Å². The van der Waals surface area contributed by atoms with Gasteiger partial charge in [-0.05, 0) is 11.1 Å². The third-order valence-electron chi connectivity index (χ3n) is 9.32.